The van der Waals surface area contributed by atoms with E-state index in [1.54, 1.807) is 0 Å². The zero-order chi connectivity index (χ0) is 11.7. The Hall–Kier alpha value is -1.32. The second-order valence-electron chi connectivity index (χ2n) is 5.09. The zero-order valence-corrected chi connectivity index (χ0v) is 10.0. The predicted octanol–water partition coefficient (Wildman–Crippen LogP) is 2.99. The second kappa shape index (κ2) is 4.17. The molecule has 0 spiro atoms. The van der Waals surface area contributed by atoms with E-state index in [9.17, 15) is 5.21 Å². The summed E-state index contributed by atoms with van der Waals surface area (Å²) >= 11 is 0. The number of aromatic nitrogens is 1. The van der Waals surface area contributed by atoms with Crippen LogP contribution in [0.15, 0.2) is 36.5 Å². The summed E-state index contributed by atoms with van der Waals surface area (Å²) in [6.45, 7) is 2.44. The van der Waals surface area contributed by atoms with Gasteiger partial charge >= 0.3 is 0 Å². The molecule has 1 fully saturated rings. The smallest absolute Gasteiger partial charge is 0.188 e. The van der Waals surface area contributed by atoms with Gasteiger partial charge in [-0.15, -0.1) is 0 Å². The van der Waals surface area contributed by atoms with Crippen molar-refractivity contribution in [1.29, 1.82) is 0 Å². The molecule has 1 aliphatic heterocycles. The summed E-state index contributed by atoms with van der Waals surface area (Å²) in [7, 11) is 0. The number of hydroxylamine groups is 3. The summed E-state index contributed by atoms with van der Waals surface area (Å²) < 4.78 is 2.36. The standard InChI is InChI=1S/C14H19N2O/c17-16(10-4-1-5-11-16)12-15-9-8-13-6-2-3-7-14(13)15/h2-3,6-9,17H,1,4-5,10-12H2/q+1. The molecule has 1 N–H and O–H groups in total. The molecule has 90 valence electrons. The van der Waals surface area contributed by atoms with Gasteiger partial charge in [-0.05, 0) is 36.8 Å². The Morgan fingerprint density at radius 3 is 2.65 bits per heavy atom. The highest BCUT2D eigenvalue weighted by Gasteiger charge is 2.28. The number of piperidine rings is 1. The van der Waals surface area contributed by atoms with E-state index in [4.69, 9.17) is 0 Å². The molecule has 0 aliphatic carbocycles. The average Bonchev–Trinajstić information content (AvgIpc) is 2.73. The van der Waals surface area contributed by atoms with Gasteiger partial charge in [0.25, 0.3) is 0 Å². The fraction of sp³-hybridized carbons (Fsp3) is 0.429. The molecule has 0 saturated carbocycles. The van der Waals surface area contributed by atoms with E-state index in [2.05, 4.69) is 41.1 Å². The van der Waals surface area contributed by atoms with E-state index >= 15 is 0 Å². The lowest BCUT2D eigenvalue weighted by atomic mass is 10.1. The molecule has 0 radical (unpaired) electrons. The van der Waals surface area contributed by atoms with Crippen LogP contribution in [0.5, 0.6) is 0 Å². The summed E-state index contributed by atoms with van der Waals surface area (Å²) in [5, 5.41) is 11.8. The van der Waals surface area contributed by atoms with Gasteiger partial charge in [0.1, 0.15) is 13.1 Å². The molecule has 3 rings (SSSR count). The van der Waals surface area contributed by atoms with Gasteiger partial charge in [-0.1, -0.05) is 18.2 Å². The molecule has 17 heavy (non-hydrogen) atoms. The monoisotopic (exact) mass is 231 g/mol. The normalized spacial score (nSPS) is 19.6. The van der Waals surface area contributed by atoms with Crippen molar-refractivity contribution in [2.24, 2.45) is 0 Å². The van der Waals surface area contributed by atoms with Crippen LogP contribution in [-0.4, -0.2) is 27.5 Å². The number of benzene rings is 1. The van der Waals surface area contributed by atoms with Crippen molar-refractivity contribution in [3.63, 3.8) is 0 Å². The average molecular weight is 231 g/mol. The third kappa shape index (κ3) is 2.08. The number of hydrogen-bond acceptors (Lipinski definition) is 1. The maximum Gasteiger partial charge on any atom is 0.188 e. The van der Waals surface area contributed by atoms with Gasteiger partial charge in [-0.3, -0.25) is 4.57 Å². The predicted molar refractivity (Wildman–Crippen MR) is 67.6 cm³/mol. The van der Waals surface area contributed by atoms with Crippen LogP contribution >= 0.6 is 0 Å². The highest BCUT2D eigenvalue weighted by atomic mass is 16.5. The van der Waals surface area contributed by atoms with Crippen LogP contribution in [0.25, 0.3) is 10.9 Å². The number of nitrogens with zero attached hydrogens (tertiary/aromatic N) is 2. The van der Waals surface area contributed by atoms with E-state index in [1.165, 1.54) is 17.3 Å². The highest BCUT2D eigenvalue weighted by Crippen LogP contribution is 2.21. The summed E-state index contributed by atoms with van der Waals surface area (Å²) in [6.07, 6.45) is 5.61. The van der Waals surface area contributed by atoms with Crippen LogP contribution in [0, 0.1) is 0 Å². The first-order valence-electron chi connectivity index (χ1n) is 6.40. The van der Waals surface area contributed by atoms with Gasteiger partial charge in [-0.2, -0.15) is 4.65 Å². The Labute approximate surface area is 101 Å². The molecule has 2 heterocycles. The van der Waals surface area contributed by atoms with E-state index in [0.29, 0.717) is 6.67 Å². The second-order valence-corrected chi connectivity index (χ2v) is 5.09. The molecule has 2 aromatic rings. The van der Waals surface area contributed by atoms with Gasteiger partial charge in [-0.25, -0.2) is 5.21 Å². The van der Waals surface area contributed by atoms with E-state index in [-0.39, 0.29) is 4.65 Å². The van der Waals surface area contributed by atoms with Crippen LogP contribution in [0.1, 0.15) is 19.3 Å². The minimum absolute atomic E-state index is 0.193. The Kier molecular flexibility index (Phi) is 2.65. The lowest BCUT2D eigenvalue weighted by Crippen LogP contribution is -2.49. The minimum atomic E-state index is 0.193. The van der Waals surface area contributed by atoms with Crippen LogP contribution in [-0.2, 0) is 6.67 Å². The number of fused-ring (bicyclic) bond motifs is 1. The van der Waals surface area contributed by atoms with E-state index in [1.807, 2.05) is 0 Å². The van der Waals surface area contributed by atoms with E-state index in [0.717, 1.165) is 25.9 Å². The quantitative estimate of drug-likeness (QED) is 0.790. The van der Waals surface area contributed by atoms with Crippen molar-refractivity contribution < 1.29 is 9.85 Å². The first-order chi connectivity index (χ1) is 8.27. The molecular formula is C14H19N2O+. The number of hydrogen-bond donors (Lipinski definition) is 1. The highest BCUT2D eigenvalue weighted by molar-refractivity contribution is 5.79. The van der Waals surface area contributed by atoms with Crippen LogP contribution in [0.3, 0.4) is 0 Å². The van der Waals surface area contributed by atoms with Crippen molar-refractivity contribution in [2.45, 2.75) is 25.9 Å². The minimum Gasteiger partial charge on any atom is -0.298 e. The molecule has 1 saturated heterocycles. The maximum absolute atomic E-state index is 10.5. The topological polar surface area (TPSA) is 25.2 Å². The van der Waals surface area contributed by atoms with E-state index < -0.39 is 0 Å². The van der Waals surface area contributed by atoms with Crippen molar-refractivity contribution in [1.82, 2.24) is 4.57 Å². The largest absolute Gasteiger partial charge is 0.298 e. The van der Waals surface area contributed by atoms with Gasteiger partial charge in [0.05, 0.1) is 5.52 Å². The van der Waals surface area contributed by atoms with Gasteiger partial charge in [0.15, 0.2) is 6.67 Å². The molecule has 1 aromatic heterocycles. The zero-order valence-electron chi connectivity index (χ0n) is 10.0. The van der Waals surface area contributed by atoms with Crippen molar-refractivity contribution in [3.05, 3.63) is 36.5 Å². The third-order valence-electron chi connectivity index (χ3n) is 3.74. The molecule has 0 amide bonds. The Bertz CT molecular complexity index is 512. The van der Waals surface area contributed by atoms with Crippen molar-refractivity contribution >= 4 is 10.9 Å². The van der Waals surface area contributed by atoms with Gasteiger partial charge in [0.2, 0.25) is 0 Å². The molecule has 3 heteroatoms. The number of likely N-dealkylation sites (tertiary alicyclic amines) is 1. The number of rotatable bonds is 2. The first-order valence-corrected chi connectivity index (χ1v) is 6.40. The first kappa shape index (κ1) is 10.8. The molecule has 1 aromatic carbocycles. The Morgan fingerprint density at radius 1 is 1.06 bits per heavy atom. The lowest BCUT2D eigenvalue weighted by Gasteiger charge is -2.33. The van der Waals surface area contributed by atoms with Crippen molar-refractivity contribution in [2.75, 3.05) is 13.1 Å². The number of para-hydroxylation sites is 1. The fourth-order valence-electron chi connectivity index (χ4n) is 2.79. The van der Waals surface area contributed by atoms with Gasteiger partial charge < -0.3 is 0 Å². The third-order valence-corrected chi connectivity index (χ3v) is 3.74. The van der Waals surface area contributed by atoms with Crippen molar-refractivity contribution in [3.8, 4) is 0 Å². The van der Waals surface area contributed by atoms with Gasteiger partial charge in [0, 0.05) is 6.20 Å². The molecule has 1 aliphatic rings. The lowest BCUT2D eigenvalue weighted by molar-refractivity contribution is -1.12. The molecule has 3 nitrogen and oxygen atoms in total. The summed E-state index contributed by atoms with van der Waals surface area (Å²) in [5.41, 5.74) is 1.21. The van der Waals surface area contributed by atoms with Crippen LogP contribution in [0.2, 0.25) is 0 Å². The summed E-state index contributed by atoms with van der Waals surface area (Å²) in [6, 6.07) is 10.5. The molecule has 0 bridgehead atoms. The Morgan fingerprint density at radius 2 is 1.82 bits per heavy atom. The SMILES string of the molecule is O[N+]1(Cn2ccc3ccccc32)CCCCC1. The van der Waals surface area contributed by atoms with Crippen LogP contribution in [0.4, 0.5) is 0 Å². The van der Waals surface area contributed by atoms with Crippen LogP contribution < -0.4 is 0 Å². The summed E-state index contributed by atoms with van der Waals surface area (Å²) in [5.74, 6) is 0. The maximum atomic E-state index is 10.5. The summed E-state index contributed by atoms with van der Waals surface area (Å²) in [4.78, 5) is 0. The fourth-order valence-corrected chi connectivity index (χ4v) is 2.79. The molecule has 0 atom stereocenters. The molecule has 0 unspecified atom stereocenters. The Balaban J connectivity index is 1.89. The molecular weight excluding hydrogens is 212 g/mol. The number of quaternary nitrogens is 1.